The summed E-state index contributed by atoms with van der Waals surface area (Å²) in [6, 6.07) is 3.53. The number of esters is 1. The highest BCUT2D eigenvalue weighted by Crippen LogP contribution is 2.34. The minimum atomic E-state index is -4.56. The van der Waals surface area contributed by atoms with Gasteiger partial charge >= 0.3 is 12.1 Å². The van der Waals surface area contributed by atoms with Gasteiger partial charge in [-0.25, -0.2) is 0 Å². The van der Waals surface area contributed by atoms with Gasteiger partial charge in [-0.15, -0.1) is 0 Å². The molecule has 2 aliphatic rings. The van der Waals surface area contributed by atoms with Crippen molar-refractivity contribution in [3.05, 3.63) is 35.4 Å². The van der Waals surface area contributed by atoms with Crippen molar-refractivity contribution in [2.45, 2.75) is 63.8 Å². The van der Waals surface area contributed by atoms with Gasteiger partial charge in [0.25, 0.3) is 5.91 Å². The van der Waals surface area contributed by atoms with Crippen LogP contribution in [0.15, 0.2) is 24.3 Å². The van der Waals surface area contributed by atoms with E-state index in [2.05, 4.69) is 10.2 Å². The van der Waals surface area contributed by atoms with Gasteiger partial charge in [-0.3, -0.25) is 14.4 Å². The Morgan fingerprint density at radius 2 is 1.91 bits per heavy atom. The second-order valence-electron chi connectivity index (χ2n) is 9.97. The van der Waals surface area contributed by atoms with E-state index in [9.17, 15) is 27.6 Å². The third kappa shape index (κ3) is 6.54. The number of amides is 2. The summed E-state index contributed by atoms with van der Waals surface area (Å²) in [5, 5.41) is 2.61. The lowest BCUT2D eigenvalue weighted by Gasteiger charge is -2.42. The number of rotatable bonds is 7. The molecule has 1 aromatic carbocycles. The predicted octanol–water partition coefficient (Wildman–Crippen LogP) is 3.33. The molecule has 1 aliphatic carbocycles. The van der Waals surface area contributed by atoms with E-state index in [0.29, 0.717) is 19.0 Å². The fourth-order valence-corrected chi connectivity index (χ4v) is 4.88. The molecule has 1 saturated heterocycles. The van der Waals surface area contributed by atoms with Crippen LogP contribution in [0, 0.1) is 11.8 Å². The van der Waals surface area contributed by atoms with Gasteiger partial charge in [0.1, 0.15) is 6.04 Å². The monoisotopic (exact) mass is 497 g/mol. The van der Waals surface area contributed by atoms with Gasteiger partial charge in [0.2, 0.25) is 5.91 Å². The molecule has 0 radical (unpaired) electrons. The molecule has 7 nitrogen and oxygen atoms in total. The van der Waals surface area contributed by atoms with Gasteiger partial charge in [-0.1, -0.05) is 19.9 Å². The molecule has 2 fully saturated rings. The zero-order valence-corrected chi connectivity index (χ0v) is 20.6. The van der Waals surface area contributed by atoms with Crippen LogP contribution in [-0.2, 0) is 20.5 Å². The molecule has 1 aliphatic heterocycles. The highest BCUT2D eigenvalue weighted by molar-refractivity contribution is 5.98. The standard InChI is InChI=1S/C25H34F3N3O4/c1-15(2)24(34)35-14-17-13-19(30(3)4)8-9-21(17)31-11-10-20(23(31)33)29-22(32)16-6-5-7-18(12-16)25(26,27)28/h5-7,12,15,17,19-21H,8-11,13-14H2,1-4H3,(H,29,32)/t17-,19+,20?,21-/m0/s1. The van der Waals surface area contributed by atoms with E-state index in [1.807, 2.05) is 14.1 Å². The number of likely N-dealkylation sites (tertiary alicyclic amines) is 1. The zero-order valence-electron chi connectivity index (χ0n) is 20.6. The SMILES string of the molecule is CC(C)C(=O)OC[C@@H]1C[C@H](N(C)C)CC[C@@H]1N1CCC(NC(=O)c2cccc(C(F)(F)F)c2)C1=O. The first-order chi connectivity index (χ1) is 16.4. The van der Waals surface area contributed by atoms with Crippen LogP contribution in [0.2, 0.25) is 0 Å². The normalized spacial score (nSPS) is 25.3. The Bertz CT molecular complexity index is 935. The predicted molar refractivity (Wildman–Crippen MR) is 123 cm³/mol. The van der Waals surface area contributed by atoms with E-state index in [4.69, 9.17) is 4.74 Å². The molecule has 0 spiro atoms. The lowest BCUT2D eigenvalue weighted by atomic mass is 9.80. The van der Waals surface area contributed by atoms with Crippen molar-refractivity contribution >= 4 is 17.8 Å². The number of ether oxygens (including phenoxy) is 1. The maximum Gasteiger partial charge on any atom is 0.416 e. The van der Waals surface area contributed by atoms with Crippen molar-refractivity contribution in [3.8, 4) is 0 Å². The fraction of sp³-hybridized carbons (Fsp3) is 0.640. The molecule has 1 aromatic rings. The molecular formula is C25H34F3N3O4. The van der Waals surface area contributed by atoms with E-state index in [1.165, 1.54) is 12.1 Å². The summed E-state index contributed by atoms with van der Waals surface area (Å²) < 4.78 is 44.5. The van der Waals surface area contributed by atoms with Crippen LogP contribution in [0.4, 0.5) is 13.2 Å². The average Bonchev–Trinajstić information content (AvgIpc) is 3.16. The summed E-state index contributed by atoms with van der Waals surface area (Å²) in [5.41, 5.74) is -1.06. The molecule has 194 valence electrons. The van der Waals surface area contributed by atoms with Crippen molar-refractivity contribution in [3.63, 3.8) is 0 Å². The first kappa shape index (κ1) is 27.0. The van der Waals surface area contributed by atoms with Gasteiger partial charge in [0.05, 0.1) is 18.1 Å². The first-order valence-electron chi connectivity index (χ1n) is 12.0. The van der Waals surface area contributed by atoms with Crippen LogP contribution in [-0.4, -0.2) is 73.0 Å². The second kappa shape index (κ2) is 11.0. The van der Waals surface area contributed by atoms with E-state index in [0.717, 1.165) is 31.4 Å². The van der Waals surface area contributed by atoms with Crippen molar-refractivity contribution in [2.24, 2.45) is 11.8 Å². The number of alkyl halides is 3. The molecule has 35 heavy (non-hydrogen) atoms. The molecule has 3 rings (SSSR count). The Labute approximate surface area is 204 Å². The minimum Gasteiger partial charge on any atom is -0.465 e. The van der Waals surface area contributed by atoms with E-state index in [1.54, 1.807) is 18.7 Å². The van der Waals surface area contributed by atoms with Gasteiger partial charge in [-0.05, 0) is 58.0 Å². The highest BCUT2D eigenvalue weighted by Gasteiger charge is 2.43. The van der Waals surface area contributed by atoms with Crippen LogP contribution < -0.4 is 5.32 Å². The third-order valence-electron chi connectivity index (χ3n) is 6.95. The number of hydrogen-bond donors (Lipinski definition) is 1. The van der Waals surface area contributed by atoms with Gasteiger partial charge in [0, 0.05) is 30.1 Å². The van der Waals surface area contributed by atoms with Crippen molar-refractivity contribution in [1.29, 1.82) is 0 Å². The summed E-state index contributed by atoms with van der Waals surface area (Å²) in [5.74, 6) is -1.53. The van der Waals surface area contributed by atoms with Crippen LogP contribution in [0.1, 0.15) is 55.5 Å². The Kier molecular flexibility index (Phi) is 8.46. The van der Waals surface area contributed by atoms with Crippen molar-refractivity contribution in [1.82, 2.24) is 15.1 Å². The number of nitrogens with one attached hydrogen (secondary N) is 1. The number of benzene rings is 1. The van der Waals surface area contributed by atoms with Gasteiger partial charge in [-0.2, -0.15) is 13.2 Å². The van der Waals surface area contributed by atoms with Gasteiger partial charge < -0.3 is 19.9 Å². The molecule has 10 heteroatoms. The van der Waals surface area contributed by atoms with Crippen molar-refractivity contribution in [2.75, 3.05) is 27.2 Å². The van der Waals surface area contributed by atoms with E-state index in [-0.39, 0.29) is 41.9 Å². The molecule has 0 bridgehead atoms. The molecular weight excluding hydrogens is 463 g/mol. The summed E-state index contributed by atoms with van der Waals surface area (Å²) in [6.07, 6.45) is -1.79. The van der Waals surface area contributed by atoms with E-state index < -0.39 is 23.7 Å². The lowest BCUT2D eigenvalue weighted by Crippen LogP contribution is -2.52. The third-order valence-corrected chi connectivity index (χ3v) is 6.95. The summed E-state index contributed by atoms with van der Waals surface area (Å²) in [6.45, 7) is 4.19. The summed E-state index contributed by atoms with van der Waals surface area (Å²) in [7, 11) is 4.01. The Morgan fingerprint density at radius 1 is 1.20 bits per heavy atom. The fourth-order valence-electron chi connectivity index (χ4n) is 4.88. The molecule has 2 amide bonds. The van der Waals surface area contributed by atoms with E-state index >= 15 is 0 Å². The topological polar surface area (TPSA) is 79.0 Å². The maximum atomic E-state index is 13.2. The lowest BCUT2D eigenvalue weighted by molar-refractivity contribution is -0.150. The van der Waals surface area contributed by atoms with Crippen LogP contribution in [0.25, 0.3) is 0 Å². The Hall–Kier alpha value is -2.62. The number of carbonyl (C=O) groups excluding carboxylic acids is 3. The van der Waals surface area contributed by atoms with Crippen LogP contribution in [0.5, 0.6) is 0 Å². The van der Waals surface area contributed by atoms with Crippen molar-refractivity contribution < 1.29 is 32.3 Å². The summed E-state index contributed by atoms with van der Waals surface area (Å²) in [4.78, 5) is 41.8. The second-order valence-corrected chi connectivity index (χ2v) is 9.97. The largest absolute Gasteiger partial charge is 0.465 e. The molecule has 1 unspecified atom stereocenters. The minimum absolute atomic E-state index is 0.0410. The van der Waals surface area contributed by atoms with Crippen LogP contribution >= 0.6 is 0 Å². The Morgan fingerprint density at radius 3 is 2.54 bits per heavy atom. The maximum absolute atomic E-state index is 13.2. The first-order valence-corrected chi connectivity index (χ1v) is 12.0. The quantitative estimate of drug-likeness (QED) is 0.585. The molecule has 1 N–H and O–H groups in total. The summed E-state index contributed by atoms with van der Waals surface area (Å²) >= 11 is 0. The number of carbonyl (C=O) groups is 3. The van der Waals surface area contributed by atoms with Gasteiger partial charge in [0.15, 0.2) is 0 Å². The number of halogens is 3. The molecule has 1 heterocycles. The molecule has 0 aromatic heterocycles. The highest BCUT2D eigenvalue weighted by atomic mass is 19.4. The smallest absolute Gasteiger partial charge is 0.416 e. The number of nitrogens with zero attached hydrogens (tertiary/aromatic N) is 2. The van der Waals surface area contributed by atoms with Crippen LogP contribution in [0.3, 0.4) is 0 Å². The number of hydrogen-bond acceptors (Lipinski definition) is 5. The zero-order chi connectivity index (χ0) is 25.9. The molecule has 4 atom stereocenters. The average molecular weight is 498 g/mol. The Balaban J connectivity index is 1.68. The molecule has 1 saturated carbocycles.